The minimum Gasteiger partial charge on any atom is -0.374 e. The zero-order valence-electron chi connectivity index (χ0n) is 10.6. The fourth-order valence-electron chi connectivity index (χ4n) is 3.37. The van der Waals surface area contributed by atoms with E-state index >= 15 is 0 Å². The van der Waals surface area contributed by atoms with E-state index in [-0.39, 0.29) is 0 Å². The second-order valence-electron chi connectivity index (χ2n) is 6.12. The molecule has 0 saturated heterocycles. The third-order valence-electron chi connectivity index (χ3n) is 4.61. The van der Waals surface area contributed by atoms with Crippen molar-refractivity contribution in [2.24, 2.45) is 17.3 Å². The first-order chi connectivity index (χ1) is 7.40. The molecule has 2 aliphatic carbocycles. The first-order valence-corrected chi connectivity index (χ1v) is 6.34. The molecule has 1 N–H and O–H groups in total. The van der Waals surface area contributed by atoms with E-state index in [2.05, 4.69) is 26.7 Å². The zero-order chi connectivity index (χ0) is 12.0. The van der Waals surface area contributed by atoms with Gasteiger partial charge in [-0.05, 0) is 49.0 Å². The highest BCUT2D eigenvalue weighted by molar-refractivity contribution is 5.34. The van der Waals surface area contributed by atoms with Gasteiger partial charge in [-0.2, -0.15) is 0 Å². The Hall–Kier alpha value is -0.740. The Morgan fingerprint density at radius 1 is 1.44 bits per heavy atom. The summed E-state index contributed by atoms with van der Waals surface area (Å²) in [5.41, 5.74) is 0.749. The van der Waals surface area contributed by atoms with E-state index in [9.17, 15) is 5.11 Å². The maximum absolute atomic E-state index is 10.2. The van der Waals surface area contributed by atoms with Gasteiger partial charge in [0.05, 0.1) is 0 Å². The van der Waals surface area contributed by atoms with Crippen LogP contribution in [0.3, 0.4) is 0 Å². The molecule has 0 amide bonds. The maximum atomic E-state index is 10.2. The lowest BCUT2D eigenvalue weighted by molar-refractivity contribution is 0.109. The van der Waals surface area contributed by atoms with Gasteiger partial charge >= 0.3 is 0 Å². The normalized spacial score (nSPS) is 42.8. The van der Waals surface area contributed by atoms with Crippen molar-refractivity contribution in [3.05, 3.63) is 11.6 Å². The highest BCUT2D eigenvalue weighted by Gasteiger charge is 2.46. The highest BCUT2D eigenvalue weighted by Crippen LogP contribution is 2.55. The lowest BCUT2D eigenvalue weighted by atomic mass is 9.69. The fraction of sp³-hybridized carbons (Fsp3) is 0.733. The largest absolute Gasteiger partial charge is 0.374 e. The molecule has 0 spiro atoms. The van der Waals surface area contributed by atoms with Gasteiger partial charge in [-0.15, -0.1) is 6.42 Å². The number of rotatable bonds is 1. The van der Waals surface area contributed by atoms with E-state index < -0.39 is 5.60 Å². The number of hydrogen-bond donors (Lipinski definition) is 1. The Balaban J connectivity index is 2.40. The molecule has 1 fully saturated rings. The van der Waals surface area contributed by atoms with E-state index in [0.29, 0.717) is 23.7 Å². The summed E-state index contributed by atoms with van der Waals surface area (Å²) in [5, 5.41) is 10.2. The monoisotopic (exact) mass is 218 g/mol. The van der Waals surface area contributed by atoms with Crippen molar-refractivity contribution in [3.63, 3.8) is 0 Å². The Morgan fingerprint density at radius 3 is 2.69 bits per heavy atom. The van der Waals surface area contributed by atoms with Gasteiger partial charge in [-0.3, -0.25) is 0 Å². The topological polar surface area (TPSA) is 20.2 Å². The molecule has 0 bridgehead atoms. The lowest BCUT2D eigenvalue weighted by Crippen LogP contribution is -2.34. The van der Waals surface area contributed by atoms with Crippen LogP contribution in [0.2, 0.25) is 0 Å². The van der Waals surface area contributed by atoms with Gasteiger partial charge in [-0.25, -0.2) is 0 Å². The molecule has 0 radical (unpaired) electrons. The maximum Gasteiger partial charge on any atom is 0.144 e. The summed E-state index contributed by atoms with van der Waals surface area (Å²) >= 11 is 0. The summed E-state index contributed by atoms with van der Waals surface area (Å²) in [5.74, 6) is 3.81. The van der Waals surface area contributed by atoms with E-state index in [1.54, 1.807) is 0 Å². The molecule has 1 heteroatoms. The van der Waals surface area contributed by atoms with Crippen LogP contribution in [-0.4, -0.2) is 10.7 Å². The third kappa shape index (κ3) is 1.70. The highest BCUT2D eigenvalue weighted by atomic mass is 16.3. The molecule has 3 unspecified atom stereocenters. The van der Waals surface area contributed by atoms with E-state index in [1.165, 1.54) is 18.4 Å². The van der Waals surface area contributed by atoms with Crippen molar-refractivity contribution in [3.8, 4) is 12.3 Å². The third-order valence-corrected chi connectivity index (χ3v) is 4.61. The number of allylic oxidation sites excluding steroid dienone is 1. The van der Waals surface area contributed by atoms with E-state index in [0.717, 1.165) is 6.42 Å². The average Bonchev–Trinajstić information content (AvgIpc) is 2.56. The van der Waals surface area contributed by atoms with Crippen LogP contribution in [0.15, 0.2) is 11.6 Å². The molecule has 0 heterocycles. The second kappa shape index (κ2) is 3.64. The molecule has 88 valence electrons. The predicted molar refractivity (Wildman–Crippen MR) is 66.8 cm³/mol. The average molecular weight is 218 g/mol. The molecule has 3 atom stereocenters. The summed E-state index contributed by atoms with van der Waals surface area (Å²) in [6.45, 7) is 6.86. The standard InChI is InChI=1S/C15H22O/c1-5-15(16)9-8-14(4)7-6-12(11(2)3)13(14)10-15/h1,10-12,16H,6-9H2,2-4H3. The lowest BCUT2D eigenvalue weighted by Gasteiger charge is -2.38. The minimum absolute atomic E-state index is 0.304. The van der Waals surface area contributed by atoms with Crippen molar-refractivity contribution in [1.29, 1.82) is 0 Å². The molecule has 2 rings (SSSR count). The molecule has 0 aromatic carbocycles. The van der Waals surface area contributed by atoms with Crippen molar-refractivity contribution in [2.75, 3.05) is 0 Å². The van der Waals surface area contributed by atoms with Crippen LogP contribution in [-0.2, 0) is 0 Å². The summed E-state index contributed by atoms with van der Waals surface area (Å²) < 4.78 is 0. The van der Waals surface area contributed by atoms with Crippen LogP contribution in [0.25, 0.3) is 0 Å². The molecule has 0 aliphatic heterocycles. The van der Waals surface area contributed by atoms with Gasteiger partial charge in [0.15, 0.2) is 0 Å². The van der Waals surface area contributed by atoms with Gasteiger partial charge in [0, 0.05) is 0 Å². The van der Waals surface area contributed by atoms with Crippen molar-refractivity contribution in [2.45, 2.75) is 52.1 Å². The van der Waals surface area contributed by atoms with E-state index in [4.69, 9.17) is 6.42 Å². The number of terminal acetylenes is 1. The Bertz CT molecular complexity index is 360. The summed E-state index contributed by atoms with van der Waals surface area (Å²) in [7, 11) is 0. The summed E-state index contributed by atoms with van der Waals surface area (Å²) in [6.07, 6.45) is 11.7. The minimum atomic E-state index is -0.980. The number of aliphatic hydroxyl groups is 1. The first kappa shape index (κ1) is 11.7. The van der Waals surface area contributed by atoms with Crippen LogP contribution >= 0.6 is 0 Å². The zero-order valence-corrected chi connectivity index (χ0v) is 10.6. The smallest absolute Gasteiger partial charge is 0.144 e. The quantitative estimate of drug-likeness (QED) is 0.529. The van der Waals surface area contributed by atoms with Crippen molar-refractivity contribution in [1.82, 2.24) is 0 Å². The van der Waals surface area contributed by atoms with Gasteiger partial charge in [0.1, 0.15) is 5.60 Å². The molecule has 1 nitrogen and oxygen atoms in total. The SMILES string of the molecule is C#CC1(O)C=C2C(C(C)C)CCC2(C)CC1. The molecular weight excluding hydrogens is 196 g/mol. The first-order valence-electron chi connectivity index (χ1n) is 6.34. The van der Waals surface area contributed by atoms with Crippen LogP contribution in [0.1, 0.15) is 46.5 Å². The Morgan fingerprint density at radius 2 is 2.12 bits per heavy atom. The van der Waals surface area contributed by atoms with Crippen LogP contribution in [0, 0.1) is 29.6 Å². The van der Waals surface area contributed by atoms with Gasteiger partial charge in [0.2, 0.25) is 0 Å². The fourth-order valence-corrected chi connectivity index (χ4v) is 3.37. The van der Waals surface area contributed by atoms with Crippen molar-refractivity contribution >= 4 is 0 Å². The van der Waals surface area contributed by atoms with Crippen LogP contribution in [0.5, 0.6) is 0 Å². The van der Waals surface area contributed by atoms with Crippen LogP contribution in [0.4, 0.5) is 0 Å². The second-order valence-corrected chi connectivity index (χ2v) is 6.12. The van der Waals surface area contributed by atoms with Gasteiger partial charge in [0.25, 0.3) is 0 Å². The number of fused-ring (bicyclic) bond motifs is 1. The molecule has 0 aromatic rings. The molecule has 1 saturated carbocycles. The summed E-state index contributed by atoms with van der Waals surface area (Å²) in [4.78, 5) is 0. The molecule has 16 heavy (non-hydrogen) atoms. The molecule has 0 aromatic heterocycles. The Labute approximate surface area is 98.9 Å². The number of hydrogen-bond acceptors (Lipinski definition) is 1. The van der Waals surface area contributed by atoms with Crippen LogP contribution < -0.4 is 0 Å². The Kier molecular flexibility index (Phi) is 2.67. The van der Waals surface area contributed by atoms with Crippen molar-refractivity contribution < 1.29 is 5.11 Å². The summed E-state index contributed by atoms with van der Waals surface area (Å²) in [6, 6.07) is 0. The van der Waals surface area contributed by atoms with E-state index in [1.807, 2.05) is 6.08 Å². The van der Waals surface area contributed by atoms with Gasteiger partial charge < -0.3 is 5.11 Å². The van der Waals surface area contributed by atoms with Gasteiger partial charge in [-0.1, -0.05) is 32.3 Å². The molecule has 2 aliphatic rings. The predicted octanol–water partition coefficient (Wildman–Crippen LogP) is 3.14. The molecular formula is C15H22O.